The number of aryl methyl sites for hydroxylation is 1. The van der Waals surface area contributed by atoms with Crippen molar-refractivity contribution in [3.05, 3.63) is 132 Å². The number of carbonyl (C=O) groups is 1. The molecule has 4 rings (SSSR count). The van der Waals surface area contributed by atoms with Gasteiger partial charge in [0.05, 0.1) is 5.69 Å². The van der Waals surface area contributed by atoms with E-state index in [0.29, 0.717) is 11.3 Å². The molecule has 0 fully saturated rings. The summed E-state index contributed by atoms with van der Waals surface area (Å²) in [6, 6.07) is 30.0. The number of aromatic nitrogens is 1. The average Bonchev–Trinajstić information content (AvgIpc) is 2.90. The summed E-state index contributed by atoms with van der Waals surface area (Å²) >= 11 is 0. The number of amides is 2. The Kier molecular flexibility index (Phi) is 9.27. The average molecular weight is 508 g/mol. The summed E-state index contributed by atoms with van der Waals surface area (Å²) < 4.78 is 42.6. The van der Waals surface area contributed by atoms with E-state index in [9.17, 15) is 18.0 Å². The predicted octanol–water partition coefficient (Wildman–Crippen LogP) is 6.39. The van der Waals surface area contributed by atoms with Gasteiger partial charge in [0, 0.05) is 19.7 Å². The first-order valence-electron chi connectivity index (χ1n) is 11.5. The molecule has 4 aromatic rings. The third-order valence-corrected chi connectivity index (χ3v) is 5.44. The number of pyridine rings is 1. The van der Waals surface area contributed by atoms with Crippen LogP contribution < -0.4 is 15.4 Å². The maximum atomic E-state index is 12.8. The SMILES string of the molecule is CNC(=O)NC(Cc1ccccc1)(c1cccc(OC(F)(F)F)c1)c1ccc(C)cn1.c1ccccc1. The molecule has 5 nitrogen and oxygen atoms in total. The van der Waals surface area contributed by atoms with Crippen LogP contribution in [-0.4, -0.2) is 24.4 Å². The molecule has 2 N–H and O–H groups in total. The van der Waals surface area contributed by atoms with Crippen molar-refractivity contribution in [2.75, 3.05) is 7.05 Å². The zero-order valence-electron chi connectivity index (χ0n) is 20.5. The van der Waals surface area contributed by atoms with Gasteiger partial charge in [-0.3, -0.25) is 4.98 Å². The maximum absolute atomic E-state index is 12.8. The molecule has 2 amide bonds. The van der Waals surface area contributed by atoms with E-state index in [4.69, 9.17) is 0 Å². The fourth-order valence-electron chi connectivity index (χ4n) is 3.74. The summed E-state index contributed by atoms with van der Waals surface area (Å²) in [5, 5.41) is 5.44. The molecule has 0 saturated heterocycles. The monoisotopic (exact) mass is 507 g/mol. The number of hydrogen-bond acceptors (Lipinski definition) is 3. The third kappa shape index (κ3) is 8.10. The lowest BCUT2D eigenvalue weighted by molar-refractivity contribution is -0.274. The van der Waals surface area contributed by atoms with Crippen molar-refractivity contribution < 1.29 is 22.7 Å². The van der Waals surface area contributed by atoms with Gasteiger partial charge in [0.25, 0.3) is 0 Å². The molecule has 192 valence electrons. The number of benzene rings is 3. The molecule has 0 radical (unpaired) electrons. The number of urea groups is 1. The molecule has 0 aliphatic heterocycles. The van der Waals surface area contributed by atoms with Crippen molar-refractivity contribution in [1.29, 1.82) is 0 Å². The highest BCUT2D eigenvalue weighted by Gasteiger charge is 2.39. The molecule has 37 heavy (non-hydrogen) atoms. The molecule has 1 aromatic heterocycles. The molecule has 1 heterocycles. The van der Waals surface area contributed by atoms with Crippen LogP contribution in [0.5, 0.6) is 5.75 Å². The standard InChI is InChI=1S/C23H22F3N3O2.C6H6/c1-16-11-12-20(28-15-16)22(29-21(30)27-2,14-17-7-4-3-5-8-17)18-9-6-10-19(13-18)31-23(24,25)26;1-2-4-6-5-3-1/h3-13,15H,14H2,1-2H3,(H2,27,29,30);1-6H. The summed E-state index contributed by atoms with van der Waals surface area (Å²) in [4.78, 5) is 17.0. The fraction of sp³-hybridized carbons (Fsp3) is 0.172. The Bertz CT molecular complexity index is 1220. The van der Waals surface area contributed by atoms with E-state index in [1.54, 1.807) is 18.3 Å². The molecule has 8 heteroatoms. The van der Waals surface area contributed by atoms with E-state index in [2.05, 4.69) is 20.4 Å². The predicted molar refractivity (Wildman–Crippen MR) is 137 cm³/mol. The lowest BCUT2D eigenvalue weighted by Gasteiger charge is -2.35. The molecular formula is C29H28F3N3O2. The summed E-state index contributed by atoms with van der Waals surface area (Å²) in [5.74, 6) is -0.381. The topological polar surface area (TPSA) is 63.2 Å². The molecule has 3 aromatic carbocycles. The number of rotatable bonds is 6. The Balaban J connectivity index is 0.000000555. The Morgan fingerprint density at radius 1 is 0.865 bits per heavy atom. The molecule has 1 atom stereocenters. The third-order valence-electron chi connectivity index (χ3n) is 5.44. The van der Waals surface area contributed by atoms with E-state index in [1.807, 2.05) is 79.7 Å². The van der Waals surface area contributed by atoms with Crippen LogP contribution in [-0.2, 0) is 12.0 Å². The highest BCUT2D eigenvalue weighted by atomic mass is 19.4. The quantitative estimate of drug-likeness (QED) is 0.318. The highest BCUT2D eigenvalue weighted by Crippen LogP contribution is 2.35. The molecule has 0 spiro atoms. The first kappa shape index (κ1) is 27.3. The van der Waals surface area contributed by atoms with Crippen molar-refractivity contribution in [1.82, 2.24) is 15.6 Å². The van der Waals surface area contributed by atoms with E-state index < -0.39 is 17.9 Å². The minimum absolute atomic E-state index is 0.257. The molecule has 1 unspecified atom stereocenters. The summed E-state index contributed by atoms with van der Waals surface area (Å²) in [5.41, 5.74) is 1.41. The van der Waals surface area contributed by atoms with Gasteiger partial charge < -0.3 is 15.4 Å². The molecule has 0 bridgehead atoms. The number of nitrogens with zero attached hydrogens (tertiary/aromatic N) is 1. The van der Waals surface area contributed by atoms with Crippen LogP contribution in [0.25, 0.3) is 0 Å². The molecule has 0 aliphatic carbocycles. The first-order chi connectivity index (χ1) is 17.7. The van der Waals surface area contributed by atoms with Crippen LogP contribution in [0.2, 0.25) is 0 Å². The van der Waals surface area contributed by atoms with Crippen molar-refractivity contribution in [2.24, 2.45) is 0 Å². The molecular weight excluding hydrogens is 479 g/mol. The van der Waals surface area contributed by atoms with E-state index >= 15 is 0 Å². The van der Waals surface area contributed by atoms with E-state index in [1.165, 1.54) is 25.2 Å². The number of carbonyl (C=O) groups excluding carboxylic acids is 1. The van der Waals surface area contributed by atoms with Crippen LogP contribution in [0.15, 0.2) is 109 Å². The van der Waals surface area contributed by atoms with Crippen molar-refractivity contribution in [3.8, 4) is 5.75 Å². The Morgan fingerprint density at radius 3 is 2.03 bits per heavy atom. The van der Waals surface area contributed by atoms with Gasteiger partial charge in [-0.05, 0) is 41.8 Å². The number of alkyl halides is 3. The van der Waals surface area contributed by atoms with Crippen LogP contribution >= 0.6 is 0 Å². The summed E-state index contributed by atoms with van der Waals surface area (Å²) in [7, 11) is 1.47. The maximum Gasteiger partial charge on any atom is 0.573 e. The molecule has 0 aliphatic rings. The lowest BCUT2D eigenvalue weighted by Crippen LogP contribution is -2.52. The Labute approximate surface area is 214 Å². The Hall–Kier alpha value is -4.33. The number of halogens is 3. The second-order valence-corrected chi connectivity index (χ2v) is 8.22. The van der Waals surface area contributed by atoms with E-state index in [0.717, 1.165) is 11.1 Å². The van der Waals surface area contributed by atoms with Crippen molar-refractivity contribution >= 4 is 6.03 Å². The van der Waals surface area contributed by atoms with Crippen molar-refractivity contribution in [3.63, 3.8) is 0 Å². The van der Waals surface area contributed by atoms with Crippen molar-refractivity contribution in [2.45, 2.75) is 25.2 Å². The second kappa shape index (κ2) is 12.6. The fourth-order valence-corrected chi connectivity index (χ4v) is 3.74. The number of nitrogens with one attached hydrogen (secondary N) is 2. The van der Waals surface area contributed by atoms with Gasteiger partial charge in [0.2, 0.25) is 0 Å². The number of hydrogen-bond donors (Lipinski definition) is 2. The summed E-state index contributed by atoms with van der Waals surface area (Å²) in [6.07, 6.45) is -2.93. The van der Waals surface area contributed by atoms with Crippen LogP contribution in [0.3, 0.4) is 0 Å². The van der Waals surface area contributed by atoms with Crippen LogP contribution in [0, 0.1) is 6.92 Å². The highest BCUT2D eigenvalue weighted by molar-refractivity contribution is 5.75. The summed E-state index contributed by atoms with van der Waals surface area (Å²) in [6.45, 7) is 1.87. The lowest BCUT2D eigenvalue weighted by atomic mass is 9.80. The first-order valence-corrected chi connectivity index (χ1v) is 11.5. The minimum Gasteiger partial charge on any atom is -0.406 e. The Morgan fingerprint density at radius 2 is 1.49 bits per heavy atom. The van der Waals surface area contributed by atoms with Gasteiger partial charge in [-0.1, -0.05) is 84.9 Å². The zero-order chi connectivity index (χ0) is 26.7. The minimum atomic E-state index is -4.84. The van der Waals surface area contributed by atoms with Crippen LogP contribution in [0.4, 0.5) is 18.0 Å². The largest absolute Gasteiger partial charge is 0.573 e. The van der Waals surface area contributed by atoms with Gasteiger partial charge in [-0.2, -0.15) is 0 Å². The van der Waals surface area contributed by atoms with E-state index in [-0.39, 0.29) is 12.2 Å². The van der Waals surface area contributed by atoms with Gasteiger partial charge in [-0.25, -0.2) is 4.79 Å². The van der Waals surface area contributed by atoms with Gasteiger partial charge in [0.15, 0.2) is 0 Å². The molecule has 0 saturated carbocycles. The van der Waals surface area contributed by atoms with Gasteiger partial charge in [0.1, 0.15) is 11.3 Å². The second-order valence-electron chi connectivity index (χ2n) is 8.22. The van der Waals surface area contributed by atoms with Gasteiger partial charge >= 0.3 is 12.4 Å². The van der Waals surface area contributed by atoms with Gasteiger partial charge in [-0.15, -0.1) is 13.2 Å². The zero-order valence-corrected chi connectivity index (χ0v) is 20.5. The van der Waals surface area contributed by atoms with Crippen LogP contribution in [0.1, 0.15) is 22.4 Å². The smallest absolute Gasteiger partial charge is 0.406 e. The normalized spacial score (nSPS) is 12.4. The number of ether oxygens (including phenoxy) is 1.